The lowest BCUT2D eigenvalue weighted by atomic mass is 10.1. The molecule has 0 atom stereocenters. The first-order valence-corrected chi connectivity index (χ1v) is 8.32. The van der Waals surface area contributed by atoms with E-state index in [1.54, 1.807) is 29.8 Å². The monoisotopic (exact) mass is 380 g/mol. The van der Waals surface area contributed by atoms with Crippen LogP contribution in [0.15, 0.2) is 30.6 Å². The number of fused-ring (bicyclic) bond motifs is 1. The van der Waals surface area contributed by atoms with Crippen LogP contribution in [0.3, 0.4) is 0 Å². The van der Waals surface area contributed by atoms with E-state index in [-0.39, 0.29) is 5.75 Å². The van der Waals surface area contributed by atoms with Gasteiger partial charge in [0.2, 0.25) is 0 Å². The molecule has 0 aliphatic rings. The third-order valence-electron chi connectivity index (χ3n) is 4.04. The van der Waals surface area contributed by atoms with E-state index in [9.17, 15) is 13.2 Å². The second-order valence-electron chi connectivity index (χ2n) is 6.49. The lowest BCUT2D eigenvalue weighted by Crippen LogP contribution is -2.24. The number of alkyl halides is 3. The van der Waals surface area contributed by atoms with Crippen LogP contribution in [-0.2, 0) is 10.3 Å². The molecule has 0 fully saturated rings. The molecule has 27 heavy (non-hydrogen) atoms. The average Bonchev–Trinajstić information content (AvgIpc) is 2.97. The minimum absolute atomic E-state index is 0.271. The maximum Gasteiger partial charge on any atom is 0.573 e. The summed E-state index contributed by atoms with van der Waals surface area (Å²) in [7, 11) is 0. The summed E-state index contributed by atoms with van der Waals surface area (Å²) in [5, 5.41) is 8.30. The molecule has 2 heterocycles. The van der Waals surface area contributed by atoms with Crippen LogP contribution >= 0.6 is 0 Å². The molecule has 0 aliphatic carbocycles. The van der Waals surface area contributed by atoms with Crippen LogP contribution in [-0.4, -0.2) is 32.6 Å². The van der Waals surface area contributed by atoms with Gasteiger partial charge in [-0.2, -0.15) is 0 Å². The summed E-state index contributed by atoms with van der Waals surface area (Å²) >= 11 is 0. The maximum atomic E-state index is 12.4. The first-order valence-electron chi connectivity index (χ1n) is 8.32. The van der Waals surface area contributed by atoms with E-state index < -0.39 is 12.0 Å². The van der Waals surface area contributed by atoms with Crippen LogP contribution in [0, 0.1) is 6.92 Å². The zero-order valence-electron chi connectivity index (χ0n) is 15.3. The van der Waals surface area contributed by atoms with Gasteiger partial charge in [-0.15, -0.1) is 23.4 Å². The van der Waals surface area contributed by atoms with Crippen LogP contribution in [0.2, 0.25) is 0 Å². The Morgan fingerprint density at radius 3 is 2.52 bits per heavy atom. The summed E-state index contributed by atoms with van der Waals surface area (Å²) < 4.78 is 48.7. The lowest BCUT2D eigenvalue weighted by molar-refractivity contribution is -0.274. The summed E-state index contributed by atoms with van der Waals surface area (Å²) in [6.45, 7) is 7.89. The van der Waals surface area contributed by atoms with Crippen LogP contribution in [0.25, 0.3) is 16.9 Å². The van der Waals surface area contributed by atoms with Crippen molar-refractivity contribution in [3.63, 3.8) is 0 Å². The van der Waals surface area contributed by atoms with Gasteiger partial charge in [0.1, 0.15) is 11.4 Å². The van der Waals surface area contributed by atoms with Gasteiger partial charge in [-0.1, -0.05) is 0 Å². The van der Waals surface area contributed by atoms with Crippen molar-refractivity contribution < 1.29 is 22.6 Å². The predicted octanol–water partition coefficient (Wildman–Crippen LogP) is 4.27. The molecule has 0 saturated heterocycles. The molecule has 0 N–H and O–H groups in total. The van der Waals surface area contributed by atoms with Crippen LogP contribution in [0.5, 0.6) is 5.75 Å². The number of aromatic nitrogens is 4. The molecule has 0 amide bonds. The average molecular weight is 380 g/mol. The molecule has 0 radical (unpaired) electrons. The Bertz CT molecular complexity index is 967. The topological polar surface area (TPSA) is 61.5 Å². The molecular weight excluding hydrogens is 361 g/mol. The van der Waals surface area contributed by atoms with Crippen molar-refractivity contribution in [3.8, 4) is 17.0 Å². The number of benzene rings is 1. The highest BCUT2D eigenvalue weighted by Gasteiger charge is 2.31. The van der Waals surface area contributed by atoms with Gasteiger partial charge in [0.05, 0.1) is 11.9 Å². The van der Waals surface area contributed by atoms with Crippen LogP contribution in [0.4, 0.5) is 13.2 Å². The lowest BCUT2D eigenvalue weighted by Gasteiger charge is -2.22. The van der Waals surface area contributed by atoms with Crippen molar-refractivity contribution in [2.45, 2.75) is 39.7 Å². The summed E-state index contributed by atoms with van der Waals surface area (Å²) in [5.41, 5.74) is 1.75. The van der Waals surface area contributed by atoms with Gasteiger partial charge in [-0.3, -0.25) is 9.38 Å². The molecule has 2 aromatic heterocycles. The number of ether oxygens (including phenoxy) is 2. The fourth-order valence-corrected chi connectivity index (χ4v) is 2.90. The van der Waals surface area contributed by atoms with Crippen LogP contribution in [0.1, 0.15) is 32.2 Å². The minimum atomic E-state index is -4.73. The summed E-state index contributed by atoms with van der Waals surface area (Å²) in [5.74, 6) is 0.338. The number of aryl methyl sites for hydroxylation is 1. The van der Waals surface area contributed by atoms with Gasteiger partial charge in [0.25, 0.3) is 0 Å². The zero-order valence-corrected chi connectivity index (χ0v) is 15.3. The number of nitrogens with zero attached hydrogens (tertiary/aromatic N) is 4. The largest absolute Gasteiger partial charge is 0.573 e. The third kappa shape index (κ3) is 4.02. The van der Waals surface area contributed by atoms with Gasteiger partial charge in [-0.05, 0) is 51.5 Å². The van der Waals surface area contributed by atoms with E-state index in [4.69, 9.17) is 4.74 Å². The Hall–Kier alpha value is -2.68. The normalized spacial score (nSPS) is 12.6. The summed E-state index contributed by atoms with van der Waals surface area (Å²) in [6, 6.07) is 4.13. The fraction of sp³-hybridized carbons (Fsp3) is 0.389. The molecule has 9 heteroatoms. The van der Waals surface area contributed by atoms with Crippen molar-refractivity contribution in [2.24, 2.45) is 0 Å². The second-order valence-corrected chi connectivity index (χ2v) is 6.49. The molecule has 3 rings (SSSR count). The van der Waals surface area contributed by atoms with Crippen molar-refractivity contribution >= 4 is 5.65 Å². The Balaban J connectivity index is 2.03. The van der Waals surface area contributed by atoms with E-state index in [0.29, 0.717) is 34.9 Å². The van der Waals surface area contributed by atoms with Gasteiger partial charge in [0, 0.05) is 18.4 Å². The molecule has 0 saturated carbocycles. The van der Waals surface area contributed by atoms with Gasteiger partial charge >= 0.3 is 6.36 Å². The molecule has 6 nitrogen and oxygen atoms in total. The smallest absolute Gasteiger partial charge is 0.406 e. The standard InChI is InChI=1S/C18H19F3N4O2/c1-5-26-17(3,4)16-24-23-15-9-22-14(10-25(15)16)13-7-6-12(8-11(13)2)27-18(19,20)21/h6-10H,5H2,1-4H3. The van der Waals surface area contributed by atoms with Gasteiger partial charge in [0.15, 0.2) is 11.5 Å². The number of rotatable bonds is 5. The van der Waals surface area contributed by atoms with Gasteiger partial charge in [-0.25, -0.2) is 0 Å². The SMILES string of the molecule is CCOC(C)(C)c1nnc2cnc(-c3ccc(OC(F)(F)F)cc3C)cn12. The molecule has 0 aliphatic heterocycles. The molecule has 0 unspecified atom stereocenters. The Morgan fingerprint density at radius 2 is 1.89 bits per heavy atom. The molecular formula is C18H19F3N4O2. The first kappa shape index (κ1) is 19.1. The second kappa shape index (κ2) is 6.80. The predicted molar refractivity (Wildman–Crippen MR) is 92.3 cm³/mol. The van der Waals surface area contributed by atoms with E-state index in [0.717, 1.165) is 0 Å². The maximum absolute atomic E-state index is 12.4. The van der Waals surface area contributed by atoms with Crippen molar-refractivity contribution in [2.75, 3.05) is 6.61 Å². The van der Waals surface area contributed by atoms with E-state index >= 15 is 0 Å². The van der Waals surface area contributed by atoms with E-state index in [1.807, 2.05) is 20.8 Å². The minimum Gasteiger partial charge on any atom is -0.406 e. The number of hydrogen-bond acceptors (Lipinski definition) is 5. The highest BCUT2D eigenvalue weighted by Crippen LogP contribution is 2.30. The van der Waals surface area contributed by atoms with E-state index in [2.05, 4.69) is 19.9 Å². The third-order valence-corrected chi connectivity index (χ3v) is 4.04. The Labute approximate surface area is 154 Å². The molecule has 0 spiro atoms. The molecule has 144 valence electrons. The van der Waals surface area contributed by atoms with Crippen LogP contribution < -0.4 is 4.74 Å². The quantitative estimate of drug-likeness (QED) is 0.662. The number of halogens is 3. The first-order chi connectivity index (χ1) is 12.6. The van der Waals surface area contributed by atoms with Crippen molar-refractivity contribution in [1.82, 2.24) is 19.6 Å². The number of hydrogen-bond donors (Lipinski definition) is 0. The van der Waals surface area contributed by atoms with E-state index in [1.165, 1.54) is 12.1 Å². The summed E-state index contributed by atoms with van der Waals surface area (Å²) in [4.78, 5) is 4.36. The Kier molecular flexibility index (Phi) is 4.81. The highest BCUT2D eigenvalue weighted by atomic mass is 19.4. The van der Waals surface area contributed by atoms with Crippen molar-refractivity contribution in [1.29, 1.82) is 0 Å². The fourth-order valence-electron chi connectivity index (χ4n) is 2.90. The molecule has 1 aromatic carbocycles. The highest BCUT2D eigenvalue weighted by molar-refractivity contribution is 5.65. The zero-order chi connectivity index (χ0) is 19.8. The van der Waals surface area contributed by atoms with Gasteiger partial charge < -0.3 is 9.47 Å². The Morgan fingerprint density at radius 1 is 1.15 bits per heavy atom. The molecule has 0 bridgehead atoms. The molecule has 3 aromatic rings. The summed E-state index contributed by atoms with van der Waals surface area (Å²) in [6.07, 6.45) is -1.42. The van der Waals surface area contributed by atoms with Crippen molar-refractivity contribution in [3.05, 3.63) is 42.0 Å².